The number of nitrogens with zero attached hydrogens (tertiary/aromatic N) is 1. The molecular weight excluding hydrogens is 200 g/mol. The molecule has 3 heteroatoms. The van der Waals surface area contributed by atoms with Crippen molar-refractivity contribution >= 4 is 0 Å². The summed E-state index contributed by atoms with van der Waals surface area (Å²) in [5, 5.41) is 3.57. The van der Waals surface area contributed by atoms with Gasteiger partial charge in [-0.1, -0.05) is 13.8 Å². The summed E-state index contributed by atoms with van der Waals surface area (Å²) in [7, 11) is 1.80. The Morgan fingerprint density at radius 3 is 2.56 bits per heavy atom. The van der Waals surface area contributed by atoms with E-state index in [-0.39, 0.29) is 0 Å². The summed E-state index contributed by atoms with van der Waals surface area (Å²) in [6, 6.07) is 0.697. The van der Waals surface area contributed by atoms with Crippen LogP contribution in [0, 0.1) is 5.92 Å². The van der Waals surface area contributed by atoms with Crippen molar-refractivity contribution in [3.63, 3.8) is 0 Å². The second kappa shape index (κ2) is 7.25. The van der Waals surface area contributed by atoms with E-state index in [0.29, 0.717) is 12.1 Å². The summed E-state index contributed by atoms with van der Waals surface area (Å²) in [5.41, 5.74) is 0. The third-order valence-corrected chi connectivity index (χ3v) is 3.18. The van der Waals surface area contributed by atoms with Crippen LogP contribution in [-0.2, 0) is 4.74 Å². The second-order valence-corrected chi connectivity index (χ2v) is 5.45. The molecule has 0 aromatic rings. The van der Waals surface area contributed by atoms with Crippen LogP contribution >= 0.6 is 0 Å². The van der Waals surface area contributed by atoms with E-state index in [2.05, 4.69) is 31.0 Å². The predicted octanol–water partition coefficient (Wildman–Crippen LogP) is 1.73. The van der Waals surface area contributed by atoms with Gasteiger partial charge in [0.15, 0.2) is 0 Å². The molecule has 0 radical (unpaired) electrons. The number of hydrogen-bond acceptors (Lipinski definition) is 3. The lowest BCUT2D eigenvalue weighted by Gasteiger charge is -2.29. The fraction of sp³-hybridized carbons (Fsp3) is 1.00. The molecule has 1 N–H and O–H groups in total. The van der Waals surface area contributed by atoms with Crippen molar-refractivity contribution in [3.8, 4) is 0 Å². The molecule has 0 aromatic heterocycles. The van der Waals surface area contributed by atoms with Crippen LogP contribution in [0.15, 0.2) is 0 Å². The Kier molecular flexibility index (Phi) is 6.32. The van der Waals surface area contributed by atoms with Crippen molar-refractivity contribution in [1.29, 1.82) is 0 Å². The summed E-state index contributed by atoms with van der Waals surface area (Å²) >= 11 is 0. The molecule has 2 unspecified atom stereocenters. The SMILES string of the molecule is COC(C)CN(CC(C)C)CC1CCCN1. The molecule has 0 bridgehead atoms. The summed E-state index contributed by atoms with van der Waals surface area (Å²) in [5.74, 6) is 0.727. The first-order valence-electron chi connectivity index (χ1n) is 6.60. The van der Waals surface area contributed by atoms with Gasteiger partial charge in [0.25, 0.3) is 0 Å². The van der Waals surface area contributed by atoms with Crippen molar-refractivity contribution in [3.05, 3.63) is 0 Å². The van der Waals surface area contributed by atoms with Crippen LogP contribution in [0.2, 0.25) is 0 Å². The minimum Gasteiger partial charge on any atom is -0.380 e. The summed E-state index contributed by atoms with van der Waals surface area (Å²) in [6.07, 6.45) is 3.00. The molecule has 1 rings (SSSR count). The lowest BCUT2D eigenvalue weighted by Crippen LogP contribution is -2.42. The molecule has 1 fully saturated rings. The smallest absolute Gasteiger partial charge is 0.0670 e. The first kappa shape index (κ1) is 13.9. The topological polar surface area (TPSA) is 24.5 Å². The highest BCUT2D eigenvalue weighted by molar-refractivity contribution is 4.79. The Labute approximate surface area is 101 Å². The minimum atomic E-state index is 0.333. The lowest BCUT2D eigenvalue weighted by atomic mass is 10.1. The fourth-order valence-corrected chi connectivity index (χ4v) is 2.40. The summed E-state index contributed by atoms with van der Waals surface area (Å²) in [4.78, 5) is 2.54. The Hall–Kier alpha value is -0.120. The van der Waals surface area contributed by atoms with Crippen LogP contribution in [0.25, 0.3) is 0 Å². The average molecular weight is 228 g/mol. The van der Waals surface area contributed by atoms with E-state index in [0.717, 1.165) is 12.5 Å². The van der Waals surface area contributed by atoms with Gasteiger partial charge in [-0.3, -0.25) is 4.90 Å². The Balaban J connectivity index is 2.35. The molecule has 96 valence electrons. The molecule has 0 saturated carbocycles. The van der Waals surface area contributed by atoms with Gasteiger partial charge >= 0.3 is 0 Å². The summed E-state index contributed by atoms with van der Waals surface area (Å²) < 4.78 is 5.36. The largest absolute Gasteiger partial charge is 0.380 e. The minimum absolute atomic E-state index is 0.333. The molecule has 3 nitrogen and oxygen atoms in total. The van der Waals surface area contributed by atoms with Crippen LogP contribution in [0.5, 0.6) is 0 Å². The van der Waals surface area contributed by atoms with Gasteiger partial charge in [0.1, 0.15) is 0 Å². The summed E-state index contributed by atoms with van der Waals surface area (Å²) in [6.45, 7) is 11.3. The van der Waals surface area contributed by atoms with E-state index < -0.39 is 0 Å². The molecule has 2 atom stereocenters. The molecule has 0 spiro atoms. The van der Waals surface area contributed by atoms with E-state index in [1.165, 1.54) is 32.5 Å². The normalized spacial score (nSPS) is 23.2. The highest BCUT2D eigenvalue weighted by atomic mass is 16.5. The van der Waals surface area contributed by atoms with E-state index in [9.17, 15) is 0 Å². The standard InChI is InChI=1S/C13H28N2O/c1-11(2)8-15(9-12(3)16-4)10-13-6-5-7-14-13/h11-14H,5-10H2,1-4H3. The van der Waals surface area contributed by atoms with Crippen molar-refractivity contribution in [2.24, 2.45) is 5.92 Å². The van der Waals surface area contributed by atoms with Crippen molar-refractivity contribution < 1.29 is 4.74 Å². The number of rotatable bonds is 7. The molecule has 1 aliphatic heterocycles. The first-order chi connectivity index (χ1) is 7.61. The van der Waals surface area contributed by atoms with Gasteiger partial charge in [0, 0.05) is 32.8 Å². The highest BCUT2D eigenvalue weighted by Gasteiger charge is 2.19. The average Bonchev–Trinajstić information content (AvgIpc) is 2.69. The van der Waals surface area contributed by atoms with Crippen LogP contribution in [0.1, 0.15) is 33.6 Å². The first-order valence-corrected chi connectivity index (χ1v) is 6.60. The maximum Gasteiger partial charge on any atom is 0.0670 e. The van der Waals surface area contributed by atoms with Crippen LogP contribution in [0.4, 0.5) is 0 Å². The number of hydrogen-bond donors (Lipinski definition) is 1. The monoisotopic (exact) mass is 228 g/mol. The van der Waals surface area contributed by atoms with E-state index >= 15 is 0 Å². The molecule has 1 heterocycles. The number of methoxy groups -OCH3 is 1. The fourth-order valence-electron chi connectivity index (χ4n) is 2.40. The van der Waals surface area contributed by atoms with E-state index in [1.54, 1.807) is 7.11 Å². The van der Waals surface area contributed by atoms with E-state index in [1.807, 2.05) is 0 Å². The maximum atomic E-state index is 5.36. The third kappa shape index (κ3) is 5.28. The molecular formula is C13H28N2O. The zero-order chi connectivity index (χ0) is 12.0. The Bertz CT molecular complexity index is 179. The van der Waals surface area contributed by atoms with Crippen LogP contribution in [-0.4, -0.2) is 50.3 Å². The van der Waals surface area contributed by atoms with Gasteiger partial charge in [0.05, 0.1) is 6.10 Å². The zero-order valence-electron chi connectivity index (χ0n) is 11.3. The van der Waals surface area contributed by atoms with Gasteiger partial charge in [-0.05, 0) is 32.2 Å². The van der Waals surface area contributed by atoms with E-state index in [4.69, 9.17) is 4.74 Å². The molecule has 1 saturated heterocycles. The molecule has 0 aromatic carbocycles. The Morgan fingerprint density at radius 2 is 2.06 bits per heavy atom. The predicted molar refractivity (Wildman–Crippen MR) is 68.8 cm³/mol. The molecule has 1 aliphatic rings. The van der Waals surface area contributed by atoms with Crippen molar-refractivity contribution in [1.82, 2.24) is 10.2 Å². The lowest BCUT2D eigenvalue weighted by molar-refractivity contribution is 0.0696. The zero-order valence-corrected chi connectivity index (χ0v) is 11.3. The number of ether oxygens (including phenoxy) is 1. The van der Waals surface area contributed by atoms with Gasteiger partial charge < -0.3 is 10.1 Å². The van der Waals surface area contributed by atoms with Crippen LogP contribution < -0.4 is 5.32 Å². The van der Waals surface area contributed by atoms with Gasteiger partial charge in [-0.15, -0.1) is 0 Å². The second-order valence-electron chi connectivity index (χ2n) is 5.45. The quantitative estimate of drug-likeness (QED) is 0.718. The Morgan fingerprint density at radius 1 is 1.31 bits per heavy atom. The van der Waals surface area contributed by atoms with Gasteiger partial charge in [0.2, 0.25) is 0 Å². The van der Waals surface area contributed by atoms with Gasteiger partial charge in [-0.2, -0.15) is 0 Å². The van der Waals surface area contributed by atoms with Crippen LogP contribution in [0.3, 0.4) is 0 Å². The number of nitrogens with one attached hydrogen (secondary N) is 1. The maximum absolute atomic E-state index is 5.36. The highest BCUT2D eigenvalue weighted by Crippen LogP contribution is 2.09. The van der Waals surface area contributed by atoms with Gasteiger partial charge in [-0.25, -0.2) is 0 Å². The van der Waals surface area contributed by atoms with Crippen molar-refractivity contribution in [2.75, 3.05) is 33.3 Å². The van der Waals surface area contributed by atoms with Crippen molar-refractivity contribution in [2.45, 2.75) is 45.8 Å². The third-order valence-electron chi connectivity index (χ3n) is 3.18. The molecule has 0 amide bonds. The molecule has 0 aliphatic carbocycles. The molecule has 16 heavy (non-hydrogen) atoms.